The average Bonchev–Trinajstić information content (AvgIpc) is 3.40. The second-order valence-corrected chi connectivity index (χ2v) is 14.3. The number of hydrogen-bond donors (Lipinski definition) is 0. The molecule has 40 heavy (non-hydrogen) atoms. The smallest absolute Gasteiger partial charge is 0.232 e. The van der Waals surface area contributed by atoms with Crippen molar-refractivity contribution >= 4 is 54.4 Å². The highest BCUT2D eigenvalue weighted by Gasteiger charge is 2.31. The SMILES string of the molecule is CCCCn1c[n+](C)c2c3cc(C(C)(C)C)cc4c3c3c(cc(C(C)(C)C)cc3c3c4[n+](C)cn3CCCC)c21. The van der Waals surface area contributed by atoms with Crippen LogP contribution in [0.15, 0.2) is 36.9 Å². The molecular weight excluding hydrogens is 488 g/mol. The zero-order valence-corrected chi connectivity index (χ0v) is 26.5. The molecule has 4 aromatic carbocycles. The average molecular weight is 537 g/mol. The van der Waals surface area contributed by atoms with Crippen molar-refractivity contribution in [1.82, 2.24) is 9.13 Å². The van der Waals surface area contributed by atoms with Crippen molar-refractivity contribution < 1.29 is 9.13 Å². The fourth-order valence-corrected chi connectivity index (χ4v) is 6.89. The Balaban J connectivity index is 1.97. The Morgan fingerprint density at radius 2 is 0.925 bits per heavy atom. The molecule has 0 atom stereocenters. The maximum atomic E-state index is 2.54. The van der Waals surface area contributed by atoms with Crippen LogP contribution in [0.25, 0.3) is 54.4 Å². The van der Waals surface area contributed by atoms with Crippen molar-refractivity contribution in [1.29, 1.82) is 0 Å². The van der Waals surface area contributed by atoms with Gasteiger partial charge in [-0.2, -0.15) is 0 Å². The zero-order chi connectivity index (χ0) is 28.7. The molecule has 0 N–H and O–H groups in total. The third kappa shape index (κ3) is 3.93. The number of rotatable bonds is 6. The van der Waals surface area contributed by atoms with Gasteiger partial charge in [-0.1, -0.05) is 68.2 Å². The number of nitrogens with zero attached hydrogens (tertiary/aromatic N) is 4. The van der Waals surface area contributed by atoms with Gasteiger partial charge in [-0.3, -0.25) is 0 Å². The third-order valence-electron chi connectivity index (χ3n) is 9.14. The van der Waals surface area contributed by atoms with E-state index < -0.39 is 0 Å². The van der Waals surface area contributed by atoms with Crippen molar-refractivity contribution in [3.05, 3.63) is 48.0 Å². The fourth-order valence-electron chi connectivity index (χ4n) is 6.89. The maximum Gasteiger partial charge on any atom is 0.244 e. The standard InChI is InChI=1S/C36H48N4/c1-11-13-15-39-21-37(9)31-25-17-23(35(3,4)5)18-26-29(25)30-27(33(31)39)19-24(36(6,7)8)20-28(30)34-32(26)38(10)22-40(34)16-14-12-2/h17-22H,11-16H2,1-10H3/q+2. The van der Waals surface area contributed by atoms with Crippen molar-refractivity contribution in [2.24, 2.45) is 14.1 Å². The Bertz CT molecular complexity index is 1780. The third-order valence-corrected chi connectivity index (χ3v) is 9.14. The molecule has 0 aliphatic heterocycles. The molecule has 210 valence electrons. The number of fused-ring (bicyclic) bond motifs is 6. The lowest BCUT2D eigenvalue weighted by Crippen LogP contribution is -2.26. The Morgan fingerprint density at radius 1 is 0.575 bits per heavy atom. The number of aryl methyl sites for hydroxylation is 4. The zero-order valence-electron chi connectivity index (χ0n) is 26.5. The molecule has 4 heteroatoms. The molecule has 6 aromatic rings. The first-order valence-corrected chi connectivity index (χ1v) is 15.4. The lowest BCUT2D eigenvalue weighted by molar-refractivity contribution is -0.645. The molecule has 0 bridgehead atoms. The summed E-state index contributed by atoms with van der Waals surface area (Å²) in [5.41, 5.74) is 8.42. The molecule has 0 unspecified atom stereocenters. The minimum atomic E-state index is 0.0502. The highest BCUT2D eigenvalue weighted by molar-refractivity contribution is 6.37. The van der Waals surface area contributed by atoms with Gasteiger partial charge in [0.05, 0.1) is 27.2 Å². The van der Waals surface area contributed by atoms with Gasteiger partial charge < -0.3 is 0 Å². The fraction of sp³-hybridized carbons (Fsp3) is 0.500. The first-order chi connectivity index (χ1) is 18.9. The minimum absolute atomic E-state index is 0.0502. The molecule has 0 fully saturated rings. The van der Waals surface area contributed by atoms with Gasteiger partial charge in [0.15, 0.2) is 22.1 Å². The normalized spacial score (nSPS) is 13.3. The Hall–Kier alpha value is -3.14. The number of benzene rings is 4. The molecular formula is C36H48N4+2. The Kier molecular flexibility index (Phi) is 6.22. The molecule has 0 aliphatic carbocycles. The maximum absolute atomic E-state index is 2.54. The van der Waals surface area contributed by atoms with Gasteiger partial charge >= 0.3 is 0 Å². The number of unbranched alkanes of at least 4 members (excludes halogenated alkanes) is 2. The van der Waals surface area contributed by atoms with E-state index in [2.05, 4.69) is 125 Å². The summed E-state index contributed by atoms with van der Waals surface area (Å²) in [6.07, 6.45) is 9.44. The number of hydrogen-bond acceptors (Lipinski definition) is 0. The highest BCUT2D eigenvalue weighted by atomic mass is 15.1. The van der Waals surface area contributed by atoms with Crippen LogP contribution in [-0.2, 0) is 38.0 Å². The molecule has 6 rings (SSSR count). The van der Waals surface area contributed by atoms with E-state index in [-0.39, 0.29) is 10.8 Å². The summed E-state index contributed by atoms with van der Waals surface area (Å²) in [7, 11) is 4.48. The van der Waals surface area contributed by atoms with Crippen molar-refractivity contribution in [2.75, 3.05) is 0 Å². The predicted molar refractivity (Wildman–Crippen MR) is 171 cm³/mol. The Labute approximate surface area is 239 Å². The van der Waals surface area contributed by atoms with Gasteiger partial charge in [0.2, 0.25) is 12.7 Å². The topological polar surface area (TPSA) is 17.6 Å². The summed E-state index contributed by atoms with van der Waals surface area (Å²) in [5.74, 6) is 0. The second kappa shape index (κ2) is 9.19. The Morgan fingerprint density at radius 3 is 1.27 bits per heavy atom. The summed E-state index contributed by atoms with van der Waals surface area (Å²) in [5, 5.41) is 8.45. The molecule has 0 spiro atoms. The van der Waals surface area contributed by atoms with Crippen LogP contribution in [0.1, 0.15) is 92.2 Å². The van der Waals surface area contributed by atoms with Gasteiger partial charge in [0.25, 0.3) is 0 Å². The summed E-state index contributed by atoms with van der Waals surface area (Å²) < 4.78 is 9.86. The van der Waals surface area contributed by atoms with Crippen LogP contribution in [0.3, 0.4) is 0 Å². The first-order valence-electron chi connectivity index (χ1n) is 15.4. The van der Waals surface area contributed by atoms with E-state index in [0.717, 1.165) is 13.1 Å². The number of aromatic nitrogens is 4. The van der Waals surface area contributed by atoms with Crippen molar-refractivity contribution in [2.45, 2.75) is 105 Å². The molecule has 0 amide bonds. The van der Waals surface area contributed by atoms with Crippen LogP contribution in [-0.4, -0.2) is 9.13 Å². The van der Waals surface area contributed by atoms with Crippen molar-refractivity contribution in [3.63, 3.8) is 0 Å². The minimum Gasteiger partial charge on any atom is -0.232 e. The highest BCUT2D eigenvalue weighted by Crippen LogP contribution is 2.46. The van der Waals surface area contributed by atoms with Crippen LogP contribution in [0.5, 0.6) is 0 Å². The molecule has 2 heterocycles. The van der Waals surface area contributed by atoms with Gasteiger partial charge in [0.1, 0.15) is 0 Å². The lowest BCUT2D eigenvalue weighted by Gasteiger charge is -2.24. The predicted octanol–water partition coefficient (Wildman–Crippen LogP) is 8.34. The molecule has 4 nitrogen and oxygen atoms in total. The van der Waals surface area contributed by atoms with E-state index in [0.29, 0.717) is 0 Å². The van der Waals surface area contributed by atoms with E-state index in [4.69, 9.17) is 0 Å². The van der Waals surface area contributed by atoms with Gasteiger partial charge in [-0.05, 0) is 59.1 Å². The largest absolute Gasteiger partial charge is 0.244 e. The van der Waals surface area contributed by atoms with E-state index in [1.165, 1.54) is 91.2 Å². The van der Waals surface area contributed by atoms with Crippen LogP contribution in [0, 0.1) is 0 Å². The molecule has 0 radical (unpaired) electrons. The van der Waals surface area contributed by atoms with Gasteiger partial charge in [0, 0.05) is 32.3 Å². The quantitative estimate of drug-likeness (QED) is 0.150. The van der Waals surface area contributed by atoms with E-state index in [9.17, 15) is 0 Å². The van der Waals surface area contributed by atoms with Crippen LogP contribution >= 0.6 is 0 Å². The summed E-state index contributed by atoms with van der Waals surface area (Å²) in [6.45, 7) is 20.8. The molecule has 2 aromatic heterocycles. The van der Waals surface area contributed by atoms with Crippen LogP contribution in [0.2, 0.25) is 0 Å². The second-order valence-electron chi connectivity index (χ2n) is 14.3. The molecule has 0 saturated carbocycles. The van der Waals surface area contributed by atoms with Crippen LogP contribution < -0.4 is 9.13 Å². The lowest BCUT2D eigenvalue weighted by atomic mass is 9.80. The van der Waals surface area contributed by atoms with E-state index in [1.807, 2.05) is 0 Å². The molecule has 0 aliphatic rings. The summed E-state index contributed by atoms with van der Waals surface area (Å²) >= 11 is 0. The molecule has 0 saturated heterocycles. The monoisotopic (exact) mass is 536 g/mol. The van der Waals surface area contributed by atoms with Gasteiger partial charge in [-0.15, -0.1) is 0 Å². The van der Waals surface area contributed by atoms with E-state index >= 15 is 0 Å². The summed E-state index contributed by atoms with van der Waals surface area (Å²) in [4.78, 5) is 0. The van der Waals surface area contributed by atoms with Gasteiger partial charge in [-0.25, -0.2) is 18.3 Å². The van der Waals surface area contributed by atoms with E-state index in [1.54, 1.807) is 0 Å². The number of imidazole rings is 2. The first kappa shape index (κ1) is 27.1. The van der Waals surface area contributed by atoms with Crippen molar-refractivity contribution in [3.8, 4) is 0 Å². The summed E-state index contributed by atoms with van der Waals surface area (Å²) in [6, 6.07) is 10.1. The van der Waals surface area contributed by atoms with Crippen LogP contribution in [0.4, 0.5) is 0 Å².